The number of carbonyl (C=O) groups is 1. The molecule has 0 saturated carbocycles. The van der Waals surface area contributed by atoms with Gasteiger partial charge in [-0.1, -0.05) is 6.07 Å². The summed E-state index contributed by atoms with van der Waals surface area (Å²) in [5.41, 5.74) is 0.0217. The molecule has 2 atom stereocenters. The first-order valence-electron chi connectivity index (χ1n) is 5.81. The van der Waals surface area contributed by atoms with Crippen molar-refractivity contribution in [2.75, 3.05) is 6.61 Å². The van der Waals surface area contributed by atoms with E-state index in [2.05, 4.69) is 0 Å². The number of rotatable bonds is 6. The van der Waals surface area contributed by atoms with Crippen molar-refractivity contribution >= 4 is 5.97 Å². The Morgan fingerprint density at radius 3 is 2.56 bits per heavy atom. The summed E-state index contributed by atoms with van der Waals surface area (Å²) < 4.78 is 10.8. The van der Waals surface area contributed by atoms with Gasteiger partial charge in [0.05, 0.1) is 12.7 Å². The topological polar surface area (TPSA) is 76.0 Å². The van der Waals surface area contributed by atoms with E-state index < -0.39 is 18.2 Å². The fraction of sp³-hybridized carbons (Fsp3) is 0.462. The van der Waals surface area contributed by atoms with E-state index in [1.54, 1.807) is 32.9 Å². The van der Waals surface area contributed by atoms with Gasteiger partial charge in [0.2, 0.25) is 0 Å². The summed E-state index contributed by atoms with van der Waals surface area (Å²) in [7, 11) is 0. The van der Waals surface area contributed by atoms with Crippen LogP contribution in [0.2, 0.25) is 0 Å². The van der Waals surface area contributed by atoms with Crippen LogP contribution in [0, 0.1) is 0 Å². The second-order valence-electron chi connectivity index (χ2n) is 3.93. The van der Waals surface area contributed by atoms with Crippen molar-refractivity contribution in [3.63, 3.8) is 0 Å². The largest absolute Gasteiger partial charge is 0.490 e. The van der Waals surface area contributed by atoms with E-state index in [1.807, 2.05) is 0 Å². The molecule has 2 N–H and O–H groups in total. The van der Waals surface area contributed by atoms with E-state index in [-0.39, 0.29) is 11.3 Å². The highest BCUT2D eigenvalue weighted by Gasteiger charge is 2.20. The summed E-state index contributed by atoms with van der Waals surface area (Å²) in [5.74, 6) is -0.575. The van der Waals surface area contributed by atoms with Gasteiger partial charge in [-0.2, -0.15) is 0 Å². The van der Waals surface area contributed by atoms with Crippen LogP contribution < -0.4 is 9.47 Å². The third-order valence-corrected chi connectivity index (χ3v) is 2.49. The molecule has 0 heterocycles. The zero-order chi connectivity index (χ0) is 13.7. The number of hydrogen-bond acceptors (Lipinski definition) is 4. The number of para-hydroxylation sites is 1. The first kappa shape index (κ1) is 14.3. The van der Waals surface area contributed by atoms with Gasteiger partial charge in [0.15, 0.2) is 11.5 Å². The number of carboxylic acid groups (broad SMARTS) is 1. The van der Waals surface area contributed by atoms with Crippen LogP contribution in [0.4, 0.5) is 0 Å². The number of aliphatic hydroxyl groups is 1. The molecular formula is C13H18O5. The number of aliphatic hydroxyl groups excluding tert-OH is 1. The Morgan fingerprint density at radius 1 is 1.39 bits per heavy atom. The first-order chi connectivity index (χ1) is 8.47. The van der Waals surface area contributed by atoms with Gasteiger partial charge in [0.25, 0.3) is 0 Å². The number of hydrogen-bond donors (Lipinski definition) is 2. The molecule has 5 nitrogen and oxygen atoms in total. The van der Waals surface area contributed by atoms with Crippen LogP contribution in [-0.4, -0.2) is 35.0 Å². The fourth-order valence-corrected chi connectivity index (χ4v) is 1.36. The standard InChI is InChI=1S/C13H18O5/c1-4-17-11-7-5-6-10(13(15)16)12(11)18-9(3)8(2)14/h5-9,14H,4H2,1-3H3,(H,15,16). The lowest BCUT2D eigenvalue weighted by molar-refractivity contribution is 0.0540. The highest BCUT2D eigenvalue weighted by molar-refractivity contribution is 5.92. The van der Waals surface area contributed by atoms with Crippen molar-refractivity contribution in [3.05, 3.63) is 23.8 Å². The van der Waals surface area contributed by atoms with Crippen LogP contribution in [0.15, 0.2) is 18.2 Å². The third-order valence-electron chi connectivity index (χ3n) is 2.49. The summed E-state index contributed by atoms with van der Waals surface area (Å²) in [6.07, 6.45) is -1.23. The second kappa shape index (κ2) is 6.26. The molecule has 0 aromatic heterocycles. The van der Waals surface area contributed by atoms with Crippen molar-refractivity contribution in [2.45, 2.75) is 33.0 Å². The zero-order valence-electron chi connectivity index (χ0n) is 10.7. The molecule has 0 bridgehead atoms. The maximum Gasteiger partial charge on any atom is 0.339 e. The molecule has 100 valence electrons. The molecule has 0 saturated heterocycles. The van der Waals surface area contributed by atoms with Gasteiger partial charge in [0, 0.05) is 0 Å². The normalized spacial score (nSPS) is 13.8. The van der Waals surface area contributed by atoms with E-state index in [0.717, 1.165) is 0 Å². The molecule has 0 radical (unpaired) electrons. The van der Waals surface area contributed by atoms with Gasteiger partial charge in [-0.3, -0.25) is 0 Å². The molecule has 0 fully saturated rings. The molecule has 0 aliphatic carbocycles. The SMILES string of the molecule is CCOc1cccc(C(=O)O)c1OC(C)C(C)O. The fourth-order valence-electron chi connectivity index (χ4n) is 1.36. The summed E-state index contributed by atoms with van der Waals surface area (Å²) in [5, 5.41) is 18.5. The lowest BCUT2D eigenvalue weighted by Gasteiger charge is -2.20. The van der Waals surface area contributed by atoms with Gasteiger partial charge < -0.3 is 19.7 Å². The Balaban J connectivity index is 3.14. The highest BCUT2D eigenvalue weighted by atomic mass is 16.5. The summed E-state index contributed by atoms with van der Waals surface area (Å²) in [6, 6.07) is 4.67. The monoisotopic (exact) mass is 254 g/mol. The molecule has 2 unspecified atom stereocenters. The van der Waals surface area contributed by atoms with Crippen LogP contribution in [0.25, 0.3) is 0 Å². The van der Waals surface area contributed by atoms with Crippen LogP contribution in [0.3, 0.4) is 0 Å². The Hall–Kier alpha value is -1.75. The minimum Gasteiger partial charge on any atom is -0.490 e. The number of ether oxygens (including phenoxy) is 2. The molecule has 5 heteroatoms. The molecule has 0 amide bonds. The van der Waals surface area contributed by atoms with Crippen LogP contribution in [-0.2, 0) is 0 Å². The van der Waals surface area contributed by atoms with E-state index >= 15 is 0 Å². The average molecular weight is 254 g/mol. The van der Waals surface area contributed by atoms with Gasteiger partial charge >= 0.3 is 5.97 Å². The molecule has 18 heavy (non-hydrogen) atoms. The van der Waals surface area contributed by atoms with E-state index in [0.29, 0.717) is 12.4 Å². The molecule has 0 spiro atoms. The van der Waals surface area contributed by atoms with Gasteiger partial charge in [-0.25, -0.2) is 4.79 Å². The zero-order valence-corrected chi connectivity index (χ0v) is 10.7. The maximum atomic E-state index is 11.1. The predicted octanol–water partition coefficient (Wildman–Crippen LogP) is 1.93. The Labute approximate surface area is 106 Å². The molecule has 0 aliphatic heterocycles. The maximum absolute atomic E-state index is 11.1. The molecule has 1 rings (SSSR count). The van der Waals surface area contributed by atoms with Crippen molar-refractivity contribution in [3.8, 4) is 11.5 Å². The Bertz CT molecular complexity index is 414. The lowest BCUT2D eigenvalue weighted by Crippen LogP contribution is -2.26. The second-order valence-corrected chi connectivity index (χ2v) is 3.93. The summed E-state index contributed by atoms with van der Waals surface area (Å²) >= 11 is 0. The average Bonchev–Trinajstić information content (AvgIpc) is 2.30. The van der Waals surface area contributed by atoms with Crippen molar-refractivity contribution < 1.29 is 24.5 Å². The molecule has 0 aliphatic rings. The van der Waals surface area contributed by atoms with Crippen LogP contribution in [0.5, 0.6) is 11.5 Å². The Kier molecular flexibility index (Phi) is 4.97. The van der Waals surface area contributed by atoms with Crippen LogP contribution >= 0.6 is 0 Å². The van der Waals surface area contributed by atoms with E-state index in [9.17, 15) is 9.90 Å². The minimum atomic E-state index is -1.09. The highest BCUT2D eigenvalue weighted by Crippen LogP contribution is 2.32. The van der Waals surface area contributed by atoms with Gasteiger partial charge in [-0.15, -0.1) is 0 Å². The van der Waals surface area contributed by atoms with Crippen molar-refractivity contribution in [1.82, 2.24) is 0 Å². The smallest absolute Gasteiger partial charge is 0.339 e. The van der Waals surface area contributed by atoms with Crippen molar-refractivity contribution in [1.29, 1.82) is 0 Å². The van der Waals surface area contributed by atoms with Gasteiger partial charge in [-0.05, 0) is 32.9 Å². The summed E-state index contributed by atoms with van der Waals surface area (Å²) in [4.78, 5) is 11.1. The van der Waals surface area contributed by atoms with Crippen molar-refractivity contribution in [2.24, 2.45) is 0 Å². The minimum absolute atomic E-state index is 0.0217. The predicted molar refractivity (Wildman–Crippen MR) is 66.3 cm³/mol. The number of aromatic carboxylic acids is 1. The lowest BCUT2D eigenvalue weighted by atomic mass is 10.1. The number of carboxylic acids is 1. The molecular weight excluding hydrogens is 236 g/mol. The quantitative estimate of drug-likeness (QED) is 0.811. The Morgan fingerprint density at radius 2 is 2.06 bits per heavy atom. The molecule has 1 aromatic rings. The van der Waals surface area contributed by atoms with Gasteiger partial charge in [0.1, 0.15) is 11.7 Å². The van der Waals surface area contributed by atoms with Crippen LogP contribution in [0.1, 0.15) is 31.1 Å². The van der Waals surface area contributed by atoms with E-state index in [4.69, 9.17) is 14.6 Å². The molecule has 1 aromatic carbocycles. The first-order valence-corrected chi connectivity index (χ1v) is 5.81. The third kappa shape index (κ3) is 3.37. The number of benzene rings is 1. The summed E-state index contributed by atoms with van der Waals surface area (Å²) in [6.45, 7) is 5.45. The van der Waals surface area contributed by atoms with E-state index in [1.165, 1.54) is 6.07 Å².